The van der Waals surface area contributed by atoms with Crippen LogP contribution in [0, 0.1) is 0 Å². The van der Waals surface area contributed by atoms with E-state index in [0.717, 1.165) is 0 Å². The van der Waals surface area contributed by atoms with Gasteiger partial charge in [-0.1, -0.05) is 12.6 Å². The summed E-state index contributed by atoms with van der Waals surface area (Å²) in [5, 5.41) is 2.29. The zero-order valence-electron chi connectivity index (χ0n) is 16.0. The van der Waals surface area contributed by atoms with E-state index in [-0.39, 0.29) is 35.5 Å². The number of allylic oxidation sites excluding steroid dienone is 1. The van der Waals surface area contributed by atoms with E-state index in [1.807, 2.05) is 0 Å². The van der Waals surface area contributed by atoms with Gasteiger partial charge in [0.05, 0.1) is 5.48 Å². The number of fused-ring (bicyclic) bond motifs is 1. The zero-order chi connectivity index (χ0) is 18.9. The molecule has 1 aromatic carbocycles. The Bertz CT molecular complexity index is 856. The Kier molecular flexibility index (Phi) is 1.46. The maximum atomic E-state index is 12.8. The average Bonchev–Trinajstić information content (AvgIpc) is 2.86. The van der Waals surface area contributed by atoms with Gasteiger partial charge in [0, 0.05) is 31.8 Å². The molecule has 2 heterocycles. The number of piperidine rings is 1. The number of rotatable bonds is 1. The highest BCUT2D eigenvalue weighted by atomic mass is 16.2. The van der Waals surface area contributed by atoms with Crippen molar-refractivity contribution in [2.24, 2.45) is 0 Å². The molecule has 98 valence electrons. The van der Waals surface area contributed by atoms with Gasteiger partial charge in [0.15, 0.2) is 0 Å². The molecule has 2 aliphatic heterocycles. The van der Waals surface area contributed by atoms with Crippen LogP contribution in [0.4, 0.5) is 5.69 Å². The number of nitrogen functional groups attached to an aromatic ring is 1. The Morgan fingerprint density at radius 2 is 2.37 bits per heavy atom. The van der Waals surface area contributed by atoms with Crippen LogP contribution in [-0.4, -0.2) is 22.7 Å². The lowest BCUT2D eigenvalue weighted by molar-refractivity contribution is -0.126. The first kappa shape index (κ1) is 6.75. The number of carbonyl (C=O) groups excluding carboxylic acids is 2. The second-order valence-electron chi connectivity index (χ2n) is 4.29. The van der Waals surface area contributed by atoms with Crippen molar-refractivity contribution in [3.05, 3.63) is 41.5 Å². The fourth-order valence-corrected chi connectivity index (χ4v) is 2.09. The van der Waals surface area contributed by atoms with E-state index in [2.05, 4.69) is 11.9 Å². The minimum atomic E-state index is -2.59. The third kappa shape index (κ3) is 1.78. The lowest BCUT2D eigenvalue weighted by Gasteiger charge is -2.30. The van der Waals surface area contributed by atoms with Gasteiger partial charge in [0.2, 0.25) is 5.91 Å². The van der Waals surface area contributed by atoms with E-state index < -0.39 is 42.3 Å². The monoisotopic (exact) mass is 263 g/mol. The fraction of sp³-hybridized carbons (Fsp3) is 0.286. The molecule has 5 heteroatoms. The predicted molar refractivity (Wildman–Crippen MR) is 71.0 cm³/mol. The van der Waals surface area contributed by atoms with Crippen molar-refractivity contribution in [1.29, 1.82) is 0 Å². The van der Waals surface area contributed by atoms with Crippen molar-refractivity contribution in [3.63, 3.8) is 0 Å². The molecule has 0 spiro atoms. The van der Waals surface area contributed by atoms with Crippen LogP contribution >= 0.6 is 0 Å². The molecule has 0 bridgehead atoms. The van der Waals surface area contributed by atoms with Crippen LogP contribution in [0.5, 0.6) is 0 Å². The lowest BCUT2D eigenvalue weighted by Crippen LogP contribution is -2.49. The Balaban J connectivity index is 2.17. The van der Waals surface area contributed by atoms with E-state index >= 15 is 0 Å². The van der Waals surface area contributed by atoms with Crippen LogP contribution in [0.1, 0.15) is 36.9 Å². The largest absolute Gasteiger partial charge is 0.398 e. The smallest absolute Gasteiger partial charge is 0.255 e. The topological polar surface area (TPSA) is 75.4 Å². The number of hydrogen-bond donors (Lipinski definition) is 2. The van der Waals surface area contributed by atoms with E-state index in [4.69, 9.17) is 14.0 Å². The molecule has 3 N–H and O–H groups in total. The summed E-state index contributed by atoms with van der Waals surface area (Å²) < 4.78 is 48.0. The number of nitrogens with one attached hydrogen (secondary N) is 1. The maximum absolute atomic E-state index is 12.8. The number of benzene rings is 1. The number of hydrogen-bond acceptors (Lipinski definition) is 3. The Labute approximate surface area is 119 Å². The Morgan fingerprint density at radius 1 is 1.58 bits per heavy atom. The summed E-state index contributed by atoms with van der Waals surface area (Å²) in [6.07, 6.45) is -2.77. The van der Waals surface area contributed by atoms with Crippen molar-refractivity contribution in [2.75, 3.05) is 5.73 Å². The van der Waals surface area contributed by atoms with Crippen molar-refractivity contribution < 1.29 is 17.8 Å². The fourth-order valence-electron chi connectivity index (χ4n) is 2.09. The van der Waals surface area contributed by atoms with Crippen LogP contribution in [0.15, 0.2) is 30.4 Å². The minimum Gasteiger partial charge on any atom is -0.398 e. The van der Waals surface area contributed by atoms with Crippen molar-refractivity contribution in [1.82, 2.24) is 10.2 Å². The van der Waals surface area contributed by atoms with Crippen molar-refractivity contribution in [2.45, 2.75) is 25.4 Å². The second kappa shape index (κ2) is 4.12. The minimum absolute atomic E-state index is 0.0654. The molecule has 5 nitrogen and oxygen atoms in total. The molecule has 1 unspecified atom stereocenters. The lowest BCUT2D eigenvalue weighted by atomic mass is 10.0. The van der Waals surface area contributed by atoms with Crippen LogP contribution < -0.4 is 11.1 Å². The first-order valence-corrected chi connectivity index (χ1v) is 5.62. The molecule has 3 rings (SSSR count). The second-order valence-corrected chi connectivity index (χ2v) is 4.29. The molecule has 2 amide bonds. The molecular formula is C14H15N3O2. The molecule has 1 aromatic rings. The van der Waals surface area contributed by atoms with Crippen LogP contribution in [0.3, 0.4) is 0 Å². The summed E-state index contributed by atoms with van der Waals surface area (Å²) in [7, 11) is 0. The van der Waals surface area contributed by atoms with Gasteiger partial charge in [-0.15, -0.1) is 0 Å². The van der Waals surface area contributed by atoms with Gasteiger partial charge >= 0.3 is 0 Å². The van der Waals surface area contributed by atoms with Gasteiger partial charge in [-0.3, -0.25) is 9.59 Å². The third-order valence-electron chi connectivity index (χ3n) is 3.03. The molecule has 0 aromatic heterocycles. The van der Waals surface area contributed by atoms with Gasteiger partial charge in [-0.25, -0.2) is 0 Å². The molecule has 1 fully saturated rings. The highest BCUT2D eigenvalue weighted by Gasteiger charge is 2.38. The number of amides is 2. The van der Waals surface area contributed by atoms with Crippen molar-refractivity contribution in [3.8, 4) is 0 Å². The van der Waals surface area contributed by atoms with E-state index in [9.17, 15) is 9.59 Å². The summed E-state index contributed by atoms with van der Waals surface area (Å²) in [5.74, 6) is -1.97. The SMILES string of the molecule is [2H]c1c([2H])c(N)c2c(c1[2H])C(=O)N(C1([2H])C(=O)NC(=C)CC1([2H])[2H])C2. The van der Waals surface area contributed by atoms with Crippen LogP contribution in [0.2, 0.25) is 0 Å². The van der Waals surface area contributed by atoms with Gasteiger partial charge in [0.1, 0.15) is 6.02 Å². The zero-order valence-corrected chi connectivity index (χ0v) is 9.96. The highest BCUT2D eigenvalue weighted by molar-refractivity contribution is 6.02. The first-order chi connectivity index (χ1) is 11.4. The van der Waals surface area contributed by atoms with Crippen molar-refractivity contribution >= 4 is 17.5 Å². The number of anilines is 1. The molecule has 1 atom stereocenters. The first-order valence-electron chi connectivity index (χ1n) is 8.62. The maximum Gasteiger partial charge on any atom is 0.255 e. The standard InChI is InChI=1S/C14H15N3O2/c1-8-5-6-12(13(18)16-8)17-7-10-9(14(17)19)3-2-4-11(10)15/h2-4,12H,1,5-7,15H2,(H,16,18)/i2D,3D,4D,6D2,12D. The average molecular weight is 263 g/mol. The van der Waals surface area contributed by atoms with Gasteiger partial charge in [0.25, 0.3) is 5.91 Å². The number of nitrogens with zero attached hydrogens (tertiary/aromatic N) is 1. The summed E-state index contributed by atoms with van der Waals surface area (Å²) in [6.45, 7) is 3.12. The van der Waals surface area contributed by atoms with Crippen LogP contribution in [-0.2, 0) is 11.3 Å². The van der Waals surface area contributed by atoms with Gasteiger partial charge < -0.3 is 16.0 Å². The molecule has 2 aliphatic rings. The third-order valence-corrected chi connectivity index (χ3v) is 3.03. The van der Waals surface area contributed by atoms with Crippen LogP contribution in [0.25, 0.3) is 0 Å². The molecular weight excluding hydrogens is 242 g/mol. The summed E-state index contributed by atoms with van der Waals surface area (Å²) in [6, 6.07) is -4.06. The Hall–Kier alpha value is -2.30. The van der Waals surface area contributed by atoms with E-state index in [1.54, 1.807) is 0 Å². The number of nitrogens with two attached hydrogens (primary N) is 1. The quantitative estimate of drug-likeness (QED) is 0.743. The normalized spacial score (nSPS) is 33.5. The molecule has 0 radical (unpaired) electrons. The summed E-state index contributed by atoms with van der Waals surface area (Å²) in [5.41, 5.74) is 5.50. The highest BCUT2D eigenvalue weighted by Crippen LogP contribution is 2.31. The molecule has 0 aliphatic carbocycles. The van der Waals surface area contributed by atoms with Gasteiger partial charge in [-0.2, -0.15) is 0 Å². The van der Waals surface area contributed by atoms with Gasteiger partial charge in [-0.05, 0) is 24.9 Å². The number of carbonyl (C=O) groups is 2. The Morgan fingerprint density at radius 3 is 3.11 bits per heavy atom. The molecule has 0 saturated carbocycles. The molecule has 1 saturated heterocycles. The molecule has 19 heavy (non-hydrogen) atoms. The van der Waals surface area contributed by atoms with E-state index in [0.29, 0.717) is 4.90 Å². The summed E-state index contributed by atoms with van der Waals surface area (Å²) >= 11 is 0. The summed E-state index contributed by atoms with van der Waals surface area (Å²) in [4.78, 5) is 25.9. The predicted octanol–water partition coefficient (Wildman–Crippen LogP) is 1.02. The van der Waals surface area contributed by atoms with E-state index in [1.165, 1.54) is 0 Å².